The van der Waals surface area contributed by atoms with E-state index in [1.165, 1.54) is 28.3 Å². The number of carbonyl (C=O) groups excluding carboxylic acids is 1. The summed E-state index contributed by atoms with van der Waals surface area (Å²) < 4.78 is 35.5. The Morgan fingerprint density at radius 2 is 2.07 bits per heavy atom. The molecule has 12 heteroatoms. The summed E-state index contributed by atoms with van der Waals surface area (Å²) >= 11 is 0. The fraction of sp³-hybridized carbons (Fsp3) is 0.375. The highest BCUT2D eigenvalue weighted by atomic mass is 32.2. The van der Waals surface area contributed by atoms with Gasteiger partial charge in [-0.1, -0.05) is 5.16 Å². The first-order valence-electron chi connectivity index (χ1n) is 8.45. The van der Waals surface area contributed by atoms with Crippen LogP contribution < -0.4 is 16.1 Å². The zero-order valence-electron chi connectivity index (χ0n) is 15.2. The van der Waals surface area contributed by atoms with Crippen LogP contribution in [-0.2, 0) is 23.6 Å². The van der Waals surface area contributed by atoms with Gasteiger partial charge in [0.15, 0.2) is 0 Å². The van der Waals surface area contributed by atoms with Gasteiger partial charge in [0.05, 0.1) is 15.9 Å². The van der Waals surface area contributed by atoms with Gasteiger partial charge in [-0.25, -0.2) is 17.9 Å². The number of primary amides is 1. The molecule has 3 aromatic rings. The van der Waals surface area contributed by atoms with Crippen LogP contribution in [0.5, 0.6) is 0 Å². The van der Waals surface area contributed by atoms with Crippen molar-refractivity contribution in [2.75, 3.05) is 0 Å². The monoisotopic (exact) mass is 406 g/mol. The van der Waals surface area contributed by atoms with Crippen molar-refractivity contribution in [3.05, 3.63) is 40.4 Å². The van der Waals surface area contributed by atoms with Gasteiger partial charge in [-0.2, -0.15) is 4.98 Å². The van der Waals surface area contributed by atoms with Crippen LogP contribution >= 0.6 is 0 Å². The molecule has 0 saturated heterocycles. The summed E-state index contributed by atoms with van der Waals surface area (Å²) in [6.45, 7) is 1.76. The molecule has 0 atom stereocenters. The van der Waals surface area contributed by atoms with Gasteiger partial charge in [0.25, 0.3) is 11.7 Å². The van der Waals surface area contributed by atoms with E-state index < -0.39 is 27.2 Å². The quantitative estimate of drug-likeness (QED) is 0.569. The Bertz CT molecular complexity index is 1260. The Hall–Kier alpha value is -2.99. The normalized spacial score (nSPS) is 15.8. The van der Waals surface area contributed by atoms with E-state index in [1.807, 2.05) is 6.92 Å². The van der Waals surface area contributed by atoms with E-state index in [1.54, 1.807) is 6.07 Å². The smallest absolute Gasteiger partial charge is 0.329 e. The predicted molar refractivity (Wildman–Crippen MR) is 97.1 cm³/mol. The number of carbonyl (C=O) groups is 1. The molecule has 3 N–H and O–H groups in total. The van der Waals surface area contributed by atoms with Crippen LogP contribution in [-0.4, -0.2) is 39.1 Å². The molecular formula is C16H18N6O5S. The van der Waals surface area contributed by atoms with Crippen LogP contribution in [0.3, 0.4) is 0 Å². The second kappa shape index (κ2) is 6.01. The minimum Gasteiger partial charge on any atom is -0.363 e. The van der Waals surface area contributed by atoms with Crippen molar-refractivity contribution in [3.8, 4) is 0 Å². The van der Waals surface area contributed by atoms with Crippen molar-refractivity contribution in [1.82, 2.24) is 24.0 Å². The maximum Gasteiger partial charge on any atom is 0.329 e. The van der Waals surface area contributed by atoms with E-state index in [0.29, 0.717) is 11.0 Å². The second-order valence-corrected chi connectivity index (χ2v) is 8.80. The zero-order valence-corrected chi connectivity index (χ0v) is 16.0. The van der Waals surface area contributed by atoms with Crippen LogP contribution in [0.15, 0.2) is 32.4 Å². The second-order valence-electron chi connectivity index (χ2n) is 7.12. The number of aromatic nitrogens is 4. The summed E-state index contributed by atoms with van der Waals surface area (Å²) in [5, 5.41) is 3.44. The first kappa shape index (κ1) is 18.4. The lowest BCUT2D eigenvalue weighted by molar-refractivity contribution is 0.0987. The van der Waals surface area contributed by atoms with Gasteiger partial charge in [0.2, 0.25) is 15.9 Å². The molecule has 1 amide bonds. The third kappa shape index (κ3) is 3.10. The highest BCUT2D eigenvalue weighted by Crippen LogP contribution is 2.36. The minimum absolute atomic E-state index is 0.0309. The Morgan fingerprint density at radius 3 is 2.68 bits per heavy atom. The third-order valence-corrected chi connectivity index (χ3v) is 6.43. The first-order valence-corrected chi connectivity index (χ1v) is 9.94. The number of rotatable bonds is 6. The van der Waals surface area contributed by atoms with Crippen molar-refractivity contribution in [2.24, 2.45) is 12.8 Å². The molecule has 1 aromatic carbocycles. The summed E-state index contributed by atoms with van der Waals surface area (Å²) in [5.74, 6) is -1.09. The topological polar surface area (TPSA) is 155 Å². The molecule has 0 aliphatic heterocycles. The Labute approximate surface area is 159 Å². The molecule has 1 aliphatic rings. The molecule has 1 saturated carbocycles. The van der Waals surface area contributed by atoms with Crippen molar-refractivity contribution >= 4 is 27.0 Å². The van der Waals surface area contributed by atoms with Gasteiger partial charge in [-0.3, -0.25) is 13.9 Å². The Balaban J connectivity index is 1.74. The highest BCUT2D eigenvalue weighted by Gasteiger charge is 2.41. The lowest BCUT2D eigenvalue weighted by Crippen LogP contribution is -2.34. The van der Waals surface area contributed by atoms with Crippen molar-refractivity contribution in [3.63, 3.8) is 0 Å². The average molecular weight is 406 g/mol. The molecule has 1 fully saturated rings. The standard InChI is InChI=1S/C16H18N6O5S/c1-16(5-6-16)20-28(25,26)9-3-4-10-11(7-9)21(2)15(24)22(10)8-12-18-14(13(17)23)19-27-12/h3-4,7,20H,5-6,8H2,1-2H3,(H2,17,23). The molecule has 148 valence electrons. The maximum absolute atomic E-state index is 12.6. The van der Waals surface area contributed by atoms with Crippen LogP contribution in [0, 0.1) is 0 Å². The van der Waals surface area contributed by atoms with Crippen molar-refractivity contribution in [2.45, 2.75) is 36.7 Å². The molecule has 4 rings (SSSR count). The Morgan fingerprint density at radius 1 is 1.36 bits per heavy atom. The lowest BCUT2D eigenvalue weighted by Gasteiger charge is -2.12. The first-order chi connectivity index (χ1) is 13.1. The number of fused-ring (bicyclic) bond motifs is 1. The number of imidazole rings is 1. The molecule has 1 aliphatic carbocycles. The van der Waals surface area contributed by atoms with E-state index in [-0.39, 0.29) is 23.2 Å². The van der Waals surface area contributed by atoms with Gasteiger partial charge in [-0.05, 0) is 38.0 Å². The number of benzene rings is 1. The summed E-state index contributed by atoms with van der Waals surface area (Å²) in [4.78, 5) is 27.6. The van der Waals surface area contributed by atoms with Crippen LogP contribution in [0.4, 0.5) is 0 Å². The van der Waals surface area contributed by atoms with Gasteiger partial charge in [0, 0.05) is 12.6 Å². The van der Waals surface area contributed by atoms with Crippen molar-refractivity contribution < 1.29 is 17.7 Å². The largest absolute Gasteiger partial charge is 0.363 e. The number of amides is 1. The van der Waals surface area contributed by atoms with Gasteiger partial charge in [0.1, 0.15) is 6.54 Å². The molecule has 2 heterocycles. The molecule has 0 spiro atoms. The minimum atomic E-state index is -3.70. The van der Waals surface area contributed by atoms with E-state index in [4.69, 9.17) is 10.3 Å². The Kier molecular flexibility index (Phi) is 3.94. The summed E-state index contributed by atoms with van der Waals surface area (Å²) in [6.07, 6.45) is 1.58. The maximum atomic E-state index is 12.6. The molecule has 28 heavy (non-hydrogen) atoms. The number of nitrogens with zero attached hydrogens (tertiary/aromatic N) is 4. The van der Waals surface area contributed by atoms with Gasteiger partial charge in [-0.15, -0.1) is 0 Å². The third-order valence-electron chi connectivity index (χ3n) is 4.79. The number of hydrogen-bond donors (Lipinski definition) is 2. The molecule has 0 radical (unpaired) electrons. The SMILES string of the molecule is Cn1c(=O)n(Cc2nc(C(N)=O)no2)c2ccc(S(=O)(=O)NC3(C)CC3)cc21. The van der Waals surface area contributed by atoms with E-state index >= 15 is 0 Å². The molecule has 11 nitrogen and oxygen atoms in total. The fourth-order valence-corrected chi connectivity index (χ4v) is 4.42. The molecule has 0 unspecified atom stereocenters. The number of nitrogens with one attached hydrogen (secondary N) is 1. The van der Waals surface area contributed by atoms with E-state index in [0.717, 1.165) is 12.8 Å². The van der Waals surface area contributed by atoms with Crippen LogP contribution in [0.2, 0.25) is 0 Å². The van der Waals surface area contributed by atoms with Crippen molar-refractivity contribution in [1.29, 1.82) is 0 Å². The summed E-state index contributed by atoms with van der Waals surface area (Å²) in [5.41, 5.74) is 5.21. The van der Waals surface area contributed by atoms with Gasteiger partial charge >= 0.3 is 5.69 Å². The van der Waals surface area contributed by atoms with E-state index in [9.17, 15) is 18.0 Å². The fourth-order valence-electron chi connectivity index (χ4n) is 2.93. The molecule has 2 aromatic heterocycles. The predicted octanol–water partition coefficient (Wildman–Crippen LogP) is -0.299. The lowest BCUT2D eigenvalue weighted by atomic mass is 10.3. The number of sulfonamides is 1. The van der Waals surface area contributed by atoms with Crippen LogP contribution in [0.25, 0.3) is 11.0 Å². The number of aryl methyl sites for hydroxylation is 1. The average Bonchev–Trinajstić information content (AvgIpc) is 3.07. The molecule has 0 bridgehead atoms. The van der Waals surface area contributed by atoms with Crippen LogP contribution in [0.1, 0.15) is 36.3 Å². The number of hydrogen-bond acceptors (Lipinski definition) is 7. The zero-order chi connectivity index (χ0) is 20.3. The summed E-state index contributed by atoms with van der Waals surface area (Å²) in [6, 6.07) is 4.44. The van der Waals surface area contributed by atoms with Gasteiger partial charge < -0.3 is 10.3 Å². The molecular weight excluding hydrogens is 388 g/mol. The summed E-state index contributed by atoms with van der Waals surface area (Å²) in [7, 11) is -2.16. The van der Waals surface area contributed by atoms with E-state index in [2.05, 4.69) is 14.9 Å². The highest BCUT2D eigenvalue weighted by molar-refractivity contribution is 7.89. The number of nitrogens with two attached hydrogens (primary N) is 1.